The van der Waals surface area contributed by atoms with Crippen LogP contribution in [0.2, 0.25) is 0 Å². The van der Waals surface area contributed by atoms with Gasteiger partial charge in [-0.25, -0.2) is 0 Å². The quantitative estimate of drug-likeness (QED) is 0.780. The van der Waals surface area contributed by atoms with Crippen molar-refractivity contribution < 1.29 is 9.53 Å². The van der Waals surface area contributed by atoms with E-state index in [1.54, 1.807) is 6.92 Å². The van der Waals surface area contributed by atoms with Crippen molar-refractivity contribution in [2.45, 2.75) is 40.2 Å². The van der Waals surface area contributed by atoms with E-state index in [2.05, 4.69) is 11.5 Å². The predicted octanol–water partition coefficient (Wildman–Crippen LogP) is 3.87. The molecule has 0 aliphatic rings. The SMILES string of the molecule is CC[C@@H](C)Oc1ccc2c(c1)c(C(C)=O)c(C)n2C. The van der Waals surface area contributed by atoms with Crippen LogP contribution in [0, 0.1) is 6.92 Å². The van der Waals surface area contributed by atoms with E-state index in [0.29, 0.717) is 0 Å². The average molecular weight is 259 g/mol. The summed E-state index contributed by atoms with van der Waals surface area (Å²) < 4.78 is 7.89. The molecule has 3 heteroatoms. The van der Waals surface area contributed by atoms with Crippen molar-refractivity contribution in [3.8, 4) is 5.75 Å². The Bertz CT molecular complexity index is 625. The molecule has 0 aliphatic heterocycles. The van der Waals surface area contributed by atoms with Crippen LogP contribution in [-0.4, -0.2) is 16.5 Å². The summed E-state index contributed by atoms with van der Waals surface area (Å²) in [6.45, 7) is 7.74. The third-order valence-electron chi connectivity index (χ3n) is 3.73. The molecule has 1 aromatic carbocycles. The number of benzene rings is 1. The molecule has 0 aliphatic carbocycles. The van der Waals surface area contributed by atoms with Crippen LogP contribution in [0.5, 0.6) is 5.75 Å². The monoisotopic (exact) mass is 259 g/mol. The van der Waals surface area contributed by atoms with Gasteiger partial charge < -0.3 is 9.30 Å². The van der Waals surface area contributed by atoms with Gasteiger partial charge in [-0.05, 0) is 45.4 Å². The van der Waals surface area contributed by atoms with Crippen LogP contribution in [0.1, 0.15) is 43.2 Å². The topological polar surface area (TPSA) is 31.2 Å². The third-order valence-corrected chi connectivity index (χ3v) is 3.73. The van der Waals surface area contributed by atoms with Gasteiger partial charge in [-0.2, -0.15) is 0 Å². The fraction of sp³-hybridized carbons (Fsp3) is 0.438. The van der Waals surface area contributed by atoms with Gasteiger partial charge in [0.1, 0.15) is 5.75 Å². The van der Waals surface area contributed by atoms with E-state index in [1.807, 2.05) is 39.1 Å². The number of carbonyl (C=O) groups excluding carboxylic acids is 1. The summed E-state index contributed by atoms with van der Waals surface area (Å²) in [5.74, 6) is 0.929. The minimum atomic E-state index is 0.101. The van der Waals surface area contributed by atoms with Crippen molar-refractivity contribution in [2.75, 3.05) is 0 Å². The van der Waals surface area contributed by atoms with E-state index in [-0.39, 0.29) is 11.9 Å². The molecule has 0 radical (unpaired) electrons. The van der Waals surface area contributed by atoms with E-state index in [9.17, 15) is 4.79 Å². The van der Waals surface area contributed by atoms with Gasteiger partial charge in [0.25, 0.3) is 0 Å². The lowest BCUT2D eigenvalue weighted by molar-refractivity contribution is 0.101. The molecule has 1 atom stereocenters. The molecule has 0 bridgehead atoms. The normalized spacial score (nSPS) is 12.7. The number of ketones is 1. The fourth-order valence-electron chi connectivity index (χ4n) is 2.38. The zero-order chi connectivity index (χ0) is 14.2. The van der Waals surface area contributed by atoms with Gasteiger partial charge in [0.2, 0.25) is 0 Å². The van der Waals surface area contributed by atoms with Crippen LogP contribution in [0.25, 0.3) is 10.9 Å². The smallest absolute Gasteiger partial charge is 0.162 e. The molecule has 19 heavy (non-hydrogen) atoms. The Morgan fingerprint density at radius 3 is 2.68 bits per heavy atom. The van der Waals surface area contributed by atoms with Crippen molar-refractivity contribution in [3.63, 3.8) is 0 Å². The first-order chi connectivity index (χ1) is 8.95. The zero-order valence-electron chi connectivity index (χ0n) is 12.3. The molecular formula is C16H21NO2. The molecule has 0 amide bonds. The lowest BCUT2D eigenvalue weighted by Crippen LogP contribution is -2.09. The molecule has 1 aromatic heterocycles. The summed E-state index contributed by atoms with van der Waals surface area (Å²) in [7, 11) is 1.99. The molecule has 2 rings (SSSR count). The van der Waals surface area contributed by atoms with E-state index >= 15 is 0 Å². The van der Waals surface area contributed by atoms with Crippen LogP contribution in [-0.2, 0) is 7.05 Å². The first-order valence-electron chi connectivity index (χ1n) is 6.72. The zero-order valence-corrected chi connectivity index (χ0v) is 12.3. The van der Waals surface area contributed by atoms with Gasteiger partial charge in [-0.15, -0.1) is 0 Å². The maximum Gasteiger partial charge on any atom is 0.162 e. The maximum atomic E-state index is 11.8. The number of rotatable bonds is 4. The van der Waals surface area contributed by atoms with Crippen molar-refractivity contribution >= 4 is 16.7 Å². The van der Waals surface area contributed by atoms with Crippen molar-refractivity contribution in [1.29, 1.82) is 0 Å². The molecular weight excluding hydrogens is 238 g/mol. The van der Waals surface area contributed by atoms with Crippen LogP contribution >= 0.6 is 0 Å². The Morgan fingerprint density at radius 2 is 2.11 bits per heavy atom. The van der Waals surface area contributed by atoms with Gasteiger partial charge in [-0.3, -0.25) is 4.79 Å². The van der Waals surface area contributed by atoms with Crippen LogP contribution in [0.4, 0.5) is 0 Å². The highest BCUT2D eigenvalue weighted by Crippen LogP contribution is 2.29. The van der Waals surface area contributed by atoms with Gasteiger partial charge in [0.05, 0.1) is 6.10 Å². The van der Waals surface area contributed by atoms with Crippen LogP contribution in [0.3, 0.4) is 0 Å². The number of fused-ring (bicyclic) bond motifs is 1. The Kier molecular flexibility index (Phi) is 3.65. The summed E-state index contributed by atoms with van der Waals surface area (Å²) in [6.07, 6.45) is 1.15. The third kappa shape index (κ3) is 2.37. The number of aromatic nitrogens is 1. The highest BCUT2D eigenvalue weighted by Gasteiger charge is 2.16. The second kappa shape index (κ2) is 5.08. The Morgan fingerprint density at radius 1 is 1.42 bits per heavy atom. The maximum absolute atomic E-state index is 11.8. The highest BCUT2D eigenvalue weighted by atomic mass is 16.5. The second-order valence-corrected chi connectivity index (χ2v) is 5.09. The summed E-state index contributed by atoms with van der Waals surface area (Å²) in [5, 5.41) is 0.980. The van der Waals surface area contributed by atoms with E-state index in [1.165, 1.54) is 0 Å². The minimum Gasteiger partial charge on any atom is -0.491 e. The largest absolute Gasteiger partial charge is 0.491 e. The summed E-state index contributed by atoms with van der Waals surface area (Å²) >= 11 is 0. The summed E-state index contributed by atoms with van der Waals surface area (Å²) in [4.78, 5) is 11.8. The lowest BCUT2D eigenvalue weighted by atomic mass is 10.1. The molecule has 0 unspecified atom stereocenters. The lowest BCUT2D eigenvalue weighted by Gasteiger charge is -2.12. The van der Waals surface area contributed by atoms with Crippen molar-refractivity contribution in [1.82, 2.24) is 4.57 Å². The predicted molar refractivity (Wildman–Crippen MR) is 78.0 cm³/mol. The number of aryl methyl sites for hydroxylation is 1. The minimum absolute atomic E-state index is 0.101. The molecule has 0 fully saturated rings. The van der Waals surface area contributed by atoms with E-state index in [0.717, 1.165) is 34.3 Å². The molecule has 0 N–H and O–H groups in total. The number of nitrogens with zero attached hydrogens (tertiary/aromatic N) is 1. The van der Waals surface area contributed by atoms with Crippen molar-refractivity contribution in [3.05, 3.63) is 29.5 Å². The first-order valence-corrected chi connectivity index (χ1v) is 6.72. The number of carbonyl (C=O) groups is 1. The van der Waals surface area contributed by atoms with Gasteiger partial charge >= 0.3 is 0 Å². The molecule has 2 aromatic rings. The number of Topliss-reactive ketones (excluding diaryl/α,β-unsaturated/α-hetero) is 1. The molecule has 0 saturated carbocycles. The average Bonchev–Trinajstić information content (AvgIpc) is 2.61. The summed E-state index contributed by atoms with van der Waals surface area (Å²) in [5.41, 5.74) is 2.87. The van der Waals surface area contributed by atoms with Crippen LogP contribution in [0.15, 0.2) is 18.2 Å². The van der Waals surface area contributed by atoms with Crippen molar-refractivity contribution in [2.24, 2.45) is 7.05 Å². The molecule has 102 valence electrons. The number of hydrogen-bond donors (Lipinski definition) is 0. The molecule has 1 heterocycles. The molecule has 0 spiro atoms. The molecule has 3 nitrogen and oxygen atoms in total. The highest BCUT2D eigenvalue weighted by molar-refractivity contribution is 6.08. The fourth-order valence-corrected chi connectivity index (χ4v) is 2.38. The Labute approximate surface area is 114 Å². The van der Waals surface area contributed by atoms with E-state index < -0.39 is 0 Å². The van der Waals surface area contributed by atoms with Crippen LogP contribution < -0.4 is 4.74 Å². The second-order valence-electron chi connectivity index (χ2n) is 5.09. The first kappa shape index (κ1) is 13.7. The Hall–Kier alpha value is -1.77. The number of hydrogen-bond acceptors (Lipinski definition) is 2. The number of ether oxygens (including phenoxy) is 1. The van der Waals surface area contributed by atoms with Gasteiger partial charge in [0.15, 0.2) is 5.78 Å². The summed E-state index contributed by atoms with van der Waals surface area (Å²) in [6, 6.07) is 5.97. The molecule has 0 saturated heterocycles. The van der Waals surface area contributed by atoms with Gasteiger partial charge in [0, 0.05) is 29.2 Å². The standard InChI is InChI=1S/C16H21NO2/c1-6-10(2)19-13-7-8-15-14(9-13)16(12(4)18)11(3)17(15)5/h7-10H,6H2,1-5H3/t10-/m1/s1. The van der Waals surface area contributed by atoms with E-state index in [4.69, 9.17) is 4.74 Å². The Balaban J connectivity index is 2.58. The van der Waals surface area contributed by atoms with Gasteiger partial charge in [-0.1, -0.05) is 6.92 Å².